The third-order valence-corrected chi connectivity index (χ3v) is 4.13. The maximum Gasteiger partial charge on any atom is 0.198 e. The standard InChI is InChI=1S/C13H12BrClN2O/c14-9-5-6-18-12(9)13-16-10(7-11(15)17-13)8-3-1-2-4-8/h5-8H,1-4H2. The van der Waals surface area contributed by atoms with E-state index in [2.05, 4.69) is 25.9 Å². The summed E-state index contributed by atoms with van der Waals surface area (Å²) in [6, 6.07) is 3.70. The predicted octanol–water partition coefficient (Wildman–Crippen LogP) is 4.81. The maximum atomic E-state index is 6.09. The van der Waals surface area contributed by atoms with Gasteiger partial charge in [0.2, 0.25) is 0 Å². The molecule has 2 heterocycles. The number of hydrogen-bond acceptors (Lipinski definition) is 3. The fourth-order valence-electron chi connectivity index (χ4n) is 2.42. The van der Waals surface area contributed by atoms with Crippen LogP contribution in [-0.4, -0.2) is 9.97 Å². The Morgan fingerprint density at radius 1 is 1.28 bits per heavy atom. The second-order valence-corrected chi connectivity index (χ2v) is 5.76. The number of furan rings is 1. The van der Waals surface area contributed by atoms with Gasteiger partial charge in [-0.05, 0) is 40.9 Å². The van der Waals surface area contributed by atoms with Gasteiger partial charge >= 0.3 is 0 Å². The summed E-state index contributed by atoms with van der Waals surface area (Å²) in [5.41, 5.74) is 1.03. The highest BCUT2D eigenvalue weighted by Gasteiger charge is 2.21. The van der Waals surface area contributed by atoms with Crippen molar-refractivity contribution in [3.05, 3.63) is 33.7 Å². The lowest BCUT2D eigenvalue weighted by Crippen LogP contribution is -2.00. The van der Waals surface area contributed by atoms with Gasteiger partial charge in [0, 0.05) is 11.6 Å². The smallest absolute Gasteiger partial charge is 0.198 e. The number of halogens is 2. The van der Waals surface area contributed by atoms with Crippen molar-refractivity contribution in [1.82, 2.24) is 9.97 Å². The number of rotatable bonds is 2. The highest BCUT2D eigenvalue weighted by Crippen LogP contribution is 2.35. The first kappa shape index (κ1) is 12.2. The van der Waals surface area contributed by atoms with Crippen LogP contribution in [0.4, 0.5) is 0 Å². The van der Waals surface area contributed by atoms with Crippen molar-refractivity contribution in [2.24, 2.45) is 0 Å². The van der Waals surface area contributed by atoms with Crippen LogP contribution in [0.1, 0.15) is 37.3 Å². The lowest BCUT2D eigenvalue weighted by Gasteiger charge is -2.09. The van der Waals surface area contributed by atoms with E-state index >= 15 is 0 Å². The SMILES string of the molecule is Clc1cc(C2CCCC2)nc(-c2occc2Br)n1. The minimum absolute atomic E-state index is 0.477. The first-order chi connectivity index (χ1) is 8.74. The van der Waals surface area contributed by atoms with Crippen molar-refractivity contribution in [1.29, 1.82) is 0 Å². The summed E-state index contributed by atoms with van der Waals surface area (Å²) in [6.07, 6.45) is 6.52. The zero-order valence-electron chi connectivity index (χ0n) is 9.70. The average Bonchev–Trinajstić information content (AvgIpc) is 2.98. The minimum atomic E-state index is 0.477. The molecule has 0 unspecified atom stereocenters. The number of aromatic nitrogens is 2. The zero-order chi connectivity index (χ0) is 12.5. The first-order valence-electron chi connectivity index (χ1n) is 6.02. The van der Waals surface area contributed by atoms with Crippen LogP contribution in [-0.2, 0) is 0 Å². The molecule has 18 heavy (non-hydrogen) atoms. The molecule has 1 aliphatic rings. The zero-order valence-corrected chi connectivity index (χ0v) is 12.0. The van der Waals surface area contributed by atoms with Crippen molar-refractivity contribution < 1.29 is 4.42 Å². The molecule has 94 valence electrons. The Morgan fingerprint density at radius 2 is 2.06 bits per heavy atom. The molecular weight excluding hydrogens is 316 g/mol. The molecule has 0 amide bonds. The molecule has 2 aromatic rings. The van der Waals surface area contributed by atoms with Gasteiger partial charge in [-0.25, -0.2) is 9.97 Å². The fraction of sp³-hybridized carbons (Fsp3) is 0.385. The predicted molar refractivity (Wildman–Crippen MR) is 73.7 cm³/mol. The van der Waals surface area contributed by atoms with E-state index in [0.717, 1.165) is 10.2 Å². The van der Waals surface area contributed by atoms with Gasteiger partial charge in [0.25, 0.3) is 0 Å². The maximum absolute atomic E-state index is 6.09. The summed E-state index contributed by atoms with van der Waals surface area (Å²) in [4.78, 5) is 8.84. The third kappa shape index (κ3) is 2.31. The fourth-order valence-corrected chi connectivity index (χ4v) is 2.99. The monoisotopic (exact) mass is 326 g/mol. The first-order valence-corrected chi connectivity index (χ1v) is 7.19. The molecule has 1 saturated carbocycles. The molecular formula is C13H12BrClN2O. The van der Waals surface area contributed by atoms with E-state index in [9.17, 15) is 0 Å². The van der Waals surface area contributed by atoms with Gasteiger partial charge in [-0.3, -0.25) is 0 Å². The van der Waals surface area contributed by atoms with E-state index in [-0.39, 0.29) is 0 Å². The Kier molecular flexibility index (Phi) is 3.39. The molecule has 0 radical (unpaired) electrons. The van der Waals surface area contributed by atoms with Gasteiger partial charge < -0.3 is 4.42 Å². The van der Waals surface area contributed by atoms with Crippen LogP contribution in [0.15, 0.2) is 27.3 Å². The van der Waals surface area contributed by atoms with E-state index in [1.165, 1.54) is 25.7 Å². The van der Waals surface area contributed by atoms with Gasteiger partial charge in [-0.2, -0.15) is 0 Å². The Labute approximate surface area is 119 Å². The lowest BCUT2D eigenvalue weighted by molar-refractivity contribution is 0.574. The van der Waals surface area contributed by atoms with E-state index in [1.807, 2.05) is 12.1 Å². The molecule has 0 aliphatic heterocycles. The molecule has 0 aromatic carbocycles. The van der Waals surface area contributed by atoms with Gasteiger partial charge in [0.1, 0.15) is 5.15 Å². The summed E-state index contributed by atoms with van der Waals surface area (Å²) in [7, 11) is 0. The molecule has 2 aromatic heterocycles. The summed E-state index contributed by atoms with van der Waals surface area (Å²) >= 11 is 9.51. The van der Waals surface area contributed by atoms with Crippen LogP contribution >= 0.6 is 27.5 Å². The van der Waals surface area contributed by atoms with Crippen LogP contribution in [0.25, 0.3) is 11.6 Å². The second-order valence-electron chi connectivity index (χ2n) is 4.52. The van der Waals surface area contributed by atoms with Gasteiger partial charge in [0.05, 0.1) is 10.7 Å². The number of hydrogen-bond donors (Lipinski definition) is 0. The Balaban J connectivity index is 2.03. The number of nitrogens with zero attached hydrogens (tertiary/aromatic N) is 2. The molecule has 3 rings (SSSR count). The van der Waals surface area contributed by atoms with Crippen molar-refractivity contribution in [2.75, 3.05) is 0 Å². The van der Waals surface area contributed by atoms with Gasteiger partial charge in [-0.1, -0.05) is 24.4 Å². The van der Waals surface area contributed by atoms with Crippen molar-refractivity contribution in [3.8, 4) is 11.6 Å². The Hall–Kier alpha value is -0.870. The molecule has 0 spiro atoms. The highest BCUT2D eigenvalue weighted by molar-refractivity contribution is 9.10. The quantitative estimate of drug-likeness (QED) is 0.743. The minimum Gasteiger partial charge on any atom is -0.460 e. The molecule has 0 atom stereocenters. The summed E-state index contributed by atoms with van der Waals surface area (Å²) < 4.78 is 6.24. The molecule has 0 bridgehead atoms. The largest absolute Gasteiger partial charge is 0.460 e. The van der Waals surface area contributed by atoms with Crippen molar-refractivity contribution >= 4 is 27.5 Å². The highest BCUT2D eigenvalue weighted by atomic mass is 79.9. The van der Waals surface area contributed by atoms with E-state index < -0.39 is 0 Å². The average molecular weight is 328 g/mol. The van der Waals surface area contributed by atoms with Crippen LogP contribution in [0, 0.1) is 0 Å². The van der Waals surface area contributed by atoms with Crippen LogP contribution in [0.2, 0.25) is 5.15 Å². The Morgan fingerprint density at radius 3 is 2.72 bits per heavy atom. The van der Waals surface area contributed by atoms with Gasteiger partial charge in [0.15, 0.2) is 11.6 Å². The van der Waals surface area contributed by atoms with E-state index in [4.69, 9.17) is 16.0 Å². The molecule has 0 N–H and O–H groups in total. The summed E-state index contributed by atoms with van der Waals surface area (Å²) in [5, 5.41) is 0.477. The van der Waals surface area contributed by atoms with Crippen LogP contribution < -0.4 is 0 Å². The summed E-state index contributed by atoms with van der Waals surface area (Å²) in [5.74, 6) is 1.70. The molecule has 5 heteroatoms. The lowest BCUT2D eigenvalue weighted by atomic mass is 10.0. The molecule has 3 nitrogen and oxygen atoms in total. The van der Waals surface area contributed by atoms with Crippen molar-refractivity contribution in [3.63, 3.8) is 0 Å². The van der Waals surface area contributed by atoms with E-state index in [1.54, 1.807) is 6.26 Å². The third-order valence-electron chi connectivity index (χ3n) is 3.31. The molecule has 0 saturated heterocycles. The topological polar surface area (TPSA) is 38.9 Å². The van der Waals surface area contributed by atoms with E-state index in [0.29, 0.717) is 22.7 Å². The summed E-state index contributed by atoms with van der Waals surface area (Å²) in [6.45, 7) is 0. The van der Waals surface area contributed by atoms with Crippen LogP contribution in [0.3, 0.4) is 0 Å². The normalized spacial score (nSPS) is 16.3. The van der Waals surface area contributed by atoms with Crippen LogP contribution in [0.5, 0.6) is 0 Å². The van der Waals surface area contributed by atoms with Crippen molar-refractivity contribution in [2.45, 2.75) is 31.6 Å². The molecule has 1 aliphatic carbocycles. The van der Waals surface area contributed by atoms with Gasteiger partial charge in [-0.15, -0.1) is 0 Å². The Bertz CT molecular complexity index is 564. The second kappa shape index (κ2) is 5.02. The molecule has 1 fully saturated rings.